The topological polar surface area (TPSA) is 45.2 Å². The van der Waals surface area contributed by atoms with Gasteiger partial charge in [0.15, 0.2) is 0 Å². The fourth-order valence-corrected chi connectivity index (χ4v) is 8.65. The van der Waals surface area contributed by atoms with Crippen LogP contribution in [0.15, 0.2) is 161 Å². The molecular formula is C51H55N5. The Morgan fingerprint density at radius 2 is 1.46 bits per heavy atom. The molecular weight excluding hydrogens is 683 g/mol. The Balaban J connectivity index is 0.000000136. The van der Waals surface area contributed by atoms with Crippen molar-refractivity contribution < 1.29 is 0 Å². The Hall–Kier alpha value is -5.81. The van der Waals surface area contributed by atoms with Gasteiger partial charge in [-0.05, 0) is 91.1 Å². The summed E-state index contributed by atoms with van der Waals surface area (Å²) in [6, 6.07) is 36.3. The van der Waals surface area contributed by atoms with Crippen molar-refractivity contribution in [1.29, 1.82) is 0 Å². The predicted molar refractivity (Wildman–Crippen MR) is 242 cm³/mol. The zero-order valence-corrected chi connectivity index (χ0v) is 33.6. The lowest BCUT2D eigenvalue weighted by Crippen LogP contribution is -2.18. The third kappa shape index (κ3) is 7.95. The lowest BCUT2D eigenvalue weighted by atomic mass is 9.95. The number of allylic oxidation sites excluding steroid dienone is 6. The molecule has 0 bridgehead atoms. The first-order chi connectivity index (χ1) is 27.3. The van der Waals surface area contributed by atoms with E-state index in [1.807, 2.05) is 31.3 Å². The van der Waals surface area contributed by atoms with Gasteiger partial charge in [-0.1, -0.05) is 128 Å². The molecule has 4 aliphatic rings. The number of benzene rings is 4. The van der Waals surface area contributed by atoms with Gasteiger partial charge < -0.3 is 9.47 Å². The maximum Gasteiger partial charge on any atom is 0.129 e. The molecule has 4 aromatic carbocycles. The number of hydrogen-bond donors (Lipinski definition) is 0. The summed E-state index contributed by atoms with van der Waals surface area (Å²) in [4.78, 5) is 15.0. The summed E-state index contributed by atoms with van der Waals surface area (Å²) in [5, 5.41) is 1.39. The number of aryl methyl sites for hydroxylation is 1. The van der Waals surface area contributed by atoms with Crippen LogP contribution >= 0.6 is 0 Å². The maximum absolute atomic E-state index is 4.35. The van der Waals surface area contributed by atoms with E-state index in [-0.39, 0.29) is 5.41 Å². The standard InChI is InChI=1S/C22H22N2.C17H23N3.C12H10/c1-23(2)20-13-19-16-10-9-15-11-18(15)22(16)24(3)21(19)12-17(20)14-7-5-4-6-8-14;1-5-6-7-15(18-2)11-10-14-12-17(14,13-8-9-13)16(19-3)20-4;1-3-7-11(8-4-1)12-9-5-2-6-10-12/h4-10,12-13,15,18H,11H2,1-3H3;5-7,10-11,13-14H,1,3,8-9,12H2,2,4H3;1-10H/b;7-6-,11-10+,18-15?,20-16?;. The number of hydrogen-bond acceptors (Lipinski definition) is 3. The number of anilines is 1. The van der Waals surface area contributed by atoms with E-state index in [1.54, 1.807) is 13.1 Å². The molecule has 5 aromatic rings. The van der Waals surface area contributed by atoms with E-state index >= 15 is 0 Å². The van der Waals surface area contributed by atoms with Gasteiger partial charge in [0.25, 0.3) is 0 Å². The molecule has 0 spiro atoms. The fourth-order valence-electron chi connectivity index (χ4n) is 8.65. The van der Waals surface area contributed by atoms with Crippen molar-refractivity contribution in [2.45, 2.75) is 31.6 Å². The van der Waals surface area contributed by atoms with Crippen LogP contribution in [0.25, 0.3) is 39.2 Å². The zero-order chi connectivity index (χ0) is 39.2. The molecule has 0 aliphatic heterocycles. The molecule has 0 saturated heterocycles. The molecule has 0 N–H and O–H groups in total. The highest BCUT2D eigenvalue weighted by atomic mass is 15.1. The van der Waals surface area contributed by atoms with Gasteiger partial charge in [0, 0.05) is 80.0 Å². The summed E-state index contributed by atoms with van der Waals surface area (Å²) in [7, 11) is 10.1. The first-order valence-electron chi connectivity index (χ1n) is 19.9. The van der Waals surface area contributed by atoms with Crippen LogP contribution in [0.5, 0.6) is 0 Å². The normalized spacial score (nSPS) is 22.1. The third-order valence-corrected chi connectivity index (χ3v) is 11.9. The number of nitrogens with zero attached hydrogens (tertiary/aromatic N) is 5. The average Bonchev–Trinajstić information content (AvgIpc) is 4.15. The number of aromatic nitrogens is 1. The van der Waals surface area contributed by atoms with E-state index in [0.29, 0.717) is 5.92 Å². The van der Waals surface area contributed by atoms with E-state index < -0.39 is 0 Å². The molecule has 9 rings (SSSR count). The van der Waals surface area contributed by atoms with E-state index in [0.717, 1.165) is 35.7 Å². The second kappa shape index (κ2) is 16.9. The largest absolute Gasteiger partial charge is 0.377 e. The smallest absolute Gasteiger partial charge is 0.129 e. The summed E-state index contributed by atoms with van der Waals surface area (Å²) in [6.45, 7) is 7.36. The summed E-state index contributed by atoms with van der Waals surface area (Å²) in [5.74, 6) is 3.72. The molecule has 3 fully saturated rings. The molecule has 3 saturated carbocycles. The van der Waals surface area contributed by atoms with Gasteiger partial charge in [-0.2, -0.15) is 0 Å². The number of amidine groups is 1. The minimum Gasteiger partial charge on any atom is -0.377 e. The Bertz CT molecular complexity index is 2280. The summed E-state index contributed by atoms with van der Waals surface area (Å²) in [6.07, 6.45) is 19.8. The molecule has 4 aliphatic carbocycles. The van der Waals surface area contributed by atoms with Gasteiger partial charge in [0.1, 0.15) is 5.84 Å². The van der Waals surface area contributed by atoms with Crippen molar-refractivity contribution in [2.75, 3.05) is 33.1 Å². The highest BCUT2D eigenvalue weighted by molar-refractivity contribution is 6.04. The van der Waals surface area contributed by atoms with Crippen LogP contribution in [0, 0.1) is 23.2 Å². The molecule has 1 heterocycles. The molecule has 56 heavy (non-hydrogen) atoms. The van der Waals surface area contributed by atoms with Crippen LogP contribution in [0.1, 0.15) is 42.9 Å². The Morgan fingerprint density at radius 3 is 2.00 bits per heavy atom. The number of aliphatic imine (C=N–C) groups is 3. The quantitative estimate of drug-likeness (QED) is 0.0844. The lowest BCUT2D eigenvalue weighted by Gasteiger charge is -2.18. The second-order valence-corrected chi connectivity index (χ2v) is 15.5. The van der Waals surface area contributed by atoms with Crippen LogP contribution in [0.3, 0.4) is 0 Å². The molecule has 4 unspecified atom stereocenters. The average molecular weight is 738 g/mol. The maximum atomic E-state index is 4.35. The summed E-state index contributed by atoms with van der Waals surface area (Å²) in [5.41, 5.74) is 11.9. The van der Waals surface area contributed by atoms with Crippen LogP contribution < -0.4 is 4.90 Å². The van der Waals surface area contributed by atoms with Crippen LogP contribution in [0.2, 0.25) is 0 Å². The predicted octanol–water partition coefficient (Wildman–Crippen LogP) is 11.9. The van der Waals surface area contributed by atoms with Crippen molar-refractivity contribution >= 4 is 40.9 Å². The van der Waals surface area contributed by atoms with Crippen LogP contribution in [0.4, 0.5) is 5.69 Å². The first kappa shape index (κ1) is 38.5. The van der Waals surface area contributed by atoms with Crippen molar-refractivity contribution in [2.24, 2.45) is 45.2 Å². The van der Waals surface area contributed by atoms with Gasteiger partial charge in [0.05, 0.1) is 5.71 Å². The van der Waals surface area contributed by atoms with Gasteiger partial charge >= 0.3 is 0 Å². The van der Waals surface area contributed by atoms with Crippen molar-refractivity contribution in [3.63, 3.8) is 0 Å². The Kier molecular flexibility index (Phi) is 11.6. The minimum atomic E-state index is 0.161. The minimum absolute atomic E-state index is 0.161. The molecule has 4 atom stereocenters. The Labute approximate surface area is 334 Å². The van der Waals surface area contributed by atoms with Crippen molar-refractivity contribution in [3.05, 3.63) is 157 Å². The van der Waals surface area contributed by atoms with Gasteiger partial charge in [-0.3, -0.25) is 9.98 Å². The van der Waals surface area contributed by atoms with E-state index in [4.69, 9.17) is 0 Å². The van der Waals surface area contributed by atoms with E-state index in [2.05, 4.69) is 174 Å². The SMILES string of the molecule is C=C/C=C\C(/C=C/C1CC1(C(N=C)=NC)C1CC1)=NC.CN(C)c1cc2c3c(n(C)c2cc1-c1ccccc1)C1CC1C=C3.c1ccc(-c2ccccc2)cc1. The van der Waals surface area contributed by atoms with E-state index in [9.17, 15) is 0 Å². The van der Waals surface area contributed by atoms with Gasteiger partial charge in [-0.25, -0.2) is 4.99 Å². The van der Waals surface area contributed by atoms with Crippen LogP contribution in [-0.2, 0) is 7.05 Å². The molecule has 284 valence electrons. The summed E-state index contributed by atoms with van der Waals surface area (Å²) < 4.78 is 2.44. The first-order valence-corrected chi connectivity index (χ1v) is 19.9. The Morgan fingerprint density at radius 1 is 0.839 bits per heavy atom. The lowest BCUT2D eigenvalue weighted by molar-refractivity contribution is 0.561. The van der Waals surface area contributed by atoms with E-state index in [1.165, 1.54) is 69.4 Å². The molecule has 1 aromatic heterocycles. The molecule has 0 amide bonds. The number of rotatable bonds is 9. The van der Waals surface area contributed by atoms with Crippen LogP contribution in [-0.4, -0.2) is 51.0 Å². The highest BCUT2D eigenvalue weighted by Crippen LogP contribution is 2.67. The van der Waals surface area contributed by atoms with Gasteiger partial charge in [0.2, 0.25) is 0 Å². The molecule has 5 nitrogen and oxygen atoms in total. The molecule has 5 heteroatoms. The van der Waals surface area contributed by atoms with Gasteiger partial charge in [-0.15, -0.1) is 0 Å². The zero-order valence-electron chi connectivity index (χ0n) is 33.6. The summed E-state index contributed by atoms with van der Waals surface area (Å²) >= 11 is 0. The molecule has 0 radical (unpaired) electrons. The van der Waals surface area contributed by atoms with Crippen molar-refractivity contribution in [3.8, 4) is 22.3 Å². The van der Waals surface area contributed by atoms with Crippen molar-refractivity contribution in [1.82, 2.24) is 4.57 Å². The monoisotopic (exact) mass is 737 g/mol. The fraction of sp³-hybridized carbons (Fsp3) is 0.275. The highest BCUT2D eigenvalue weighted by Gasteiger charge is 2.64. The number of fused-ring (bicyclic) bond motifs is 5. The third-order valence-electron chi connectivity index (χ3n) is 11.9. The second-order valence-electron chi connectivity index (χ2n) is 15.5.